The molecular weight excluding hydrogens is 822 g/mol. The number of hydrogen-bond donors (Lipinski definition) is 1. The number of aromatic nitrogens is 2. The third-order valence-electron chi connectivity index (χ3n) is 11.0. The lowest BCUT2D eigenvalue weighted by atomic mass is 9.90. The summed E-state index contributed by atoms with van der Waals surface area (Å²) in [6.45, 7) is 6.09. The van der Waals surface area contributed by atoms with E-state index in [0.29, 0.717) is 56.3 Å². The number of nitrogens with zero attached hydrogens (tertiary/aromatic N) is 4. The molecule has 2 heterocycles. The molecule has 6 aromatic carbocycles. The first-order valence-electron chi connectivity index (χ1n) is 19.3. The molecule has 2 aliphatic rings. The molecule has 11 heteroatoms. The van der Waals surface area contributed by atoms with Crippen molar-refractivity contribution in [2.24, 2.45) is 0 Å². The van der Waals surface area contributed by atoms with E-state index >= 15 is 0 Å². The van der Waals surface area contributed by atoms with Gasteiger partial charge in [-0.2, -0.15) is 0 Å². The predicted molar refractivity (Wildman–Crippen MR) is 241 cm³/mol. The van der Waals surface area contributed by atoms with Crippen molar-refractivity contribution in [2.45, 2.75) is 51.3 Å². The third kappa shape index (κ3) is 7.26. The first kappa shape index (κ1) is 40.5. The van der Waals surface area contributed by atoms with Crippen LogP contribution in [0.5, 0.6) is 0 Å². The minimum atomic E-state index is -1.52. The Bertz CT molecular complexity index is 2730. The van der Waals surface area contributed by atoms with E-state index in [0.717, 1.165) is 39.5 Å². The van der Waals surface area contributed by atoms with E-state index in [1.54, 1.807) is 74.7 Å². The molecule has 0 radical (unpaired) electrons. The van der Waals surface area contributed by atoms with Gasteiger partial charge in [0, 0.05) is 42.6 Å². The highest BCUT2D eigenvalue weighted by molar-refractivity contribution is 6.31. The van der Waals surface area contributed by atoms with Gasteiger partial charge in [-0.25, -0.2) is 9.59 Å². The van der Waals surface area contributed by atoms with Crippen LogP contribution in [0.3, 0.4) is 0 Å². The van der Waals surface area contributed by atoms with Gasteiger partial charge in [-0.3, -0.25) is 18.9 Å². The number of urea groups is 1. The molecule has 2 fully saturated rings. The summed E-state index contributed by atoms with van der Waals surface area (Å²) in [4.78, 5) is 30.7. The summed E-state index contributed by atoms with van der Waals surface area (Å²) in [5.74, 6) is 0. The van der Waals surface area contributed by atoms with Gasteiger partial charge >= 0.3 is 11.7 Å². The molecule has 2 amide bonds. The van der Waals surface area contributed by atoms with Crippen molar-refractivity contribution >= 4 is 63.8 Å². The fourth-order valence-electron chi connectivity index (χ4n) is 8.22. The van der Waals surface area contributed by atoms with E-state index in [2.05, 4.69) is 26.0 Å². The topological polar surface area (TPSA) is 70.7 Å². The molecule has 1 saturated heterocycles. The summed E-state index contributed by atoms with van der Waals surface area (Å²) in [6, 6.07) is 44.5. The fraction of sp³-hybridized carbons (Fsp3) is 0.167. The van der Waals surface area contributed by atoms with Crippen molar-refractivity contribution in [3.8, 4) is 22.6 Å². The number of rotatable bonds is 7. The Kier molecular flexibility index (Phi) is 11.0. The molecule has 1 aliphatic heterocycles. The number of benzene rings is 6. The van der Waals surface area contributed by atoms with Crippen molar-refractivity contribution in [1.29, 1.82) is 0 Å². The number of hydrogen-bond acceptors (Lipinski definition) is 3. The summed E-state index contributed by atoms with van der Waals surface area (Å²) < 4.78 is 3.53. The van der Waals surface area contributed by atoms with E-state index < -0.39 is 11.3 Å². The van der Waals surface area contributed by atoms with Crippen LogP contribution in [0, 0.1) is 13.8 Å². The first-order chi connectivity index (χ1) is 28.4. The monoisotopic (exact) mass is 860 g/mol. The molecule has 0 bridgehead atoms. The number of aryl methyl sites for hydroxylation is 2. The lowest BCUT2D eigenvalue weighted by Gasteiger charge is -2.38. The second kappa shape index (κ2) is 16.1. The molecule has 7 aromatic rings. The first-order valence-corrected chi connectivity index (χ1v) is 20.8. The van der Waals surface area contributed by atoms with Crippen molar-refractivity contribution in [3.63, 3.8) is 0 Å². The highest BCUT2D eigenvalue weighted by Gasteiger charge is 2.74. The standard InChI is InChI=1S/C24H20Cl2N2O2.C24H20Cl2N2O/c1-16-3-2-4-17(15-16)24(30)23(13-14-23)27(20-9-5-18(25)6-10-20)22(29)28(24)21-11-7-19(26)8-12-21;1-3-22-23(17-6-4-5-16(2)15-17)28(21-13-9-19(26)10-14-21)24(29)27(22)20-11-7-18(25)8-12-20/h2-12,15,30H,13-14H2,1H3;4-15H,3H2,1-2H3. The zero-order valence-corrected chi connectivity index (χ0v) is 35.6. The van der Waals surface area contributed by atoms with Crippen LogP contribution < -0.4 is 15.5 Å². The Morgan fingerprint density at radius 3 is 1.46 bits per heavy atom. The zero-order valence-electron chi connectivity index (χ0n) is 32.5. The summed E-state index contributed by atoms with van der Waals surface area (Å²) in [6.07, 6.45) is 2.08. The summed E-state index contributed by atoms with van der Waals surface area (Å²) in [5, 5.41) is 14.8. The molecule has 1 N–H and O–H groups in total. The number of anilines is 2. The highest BCUT2D eigenvalue weighted by atomic mass is 35.5. The summed E-state index contributed by atoms with van der Waals surface area (Å²) in [5.41, 5.74) is 6.15. The highest BCUT2D eigenvalue weighted by Crippen LogP contribution is 2.62. The summed E-state index contributed by atoms with van der Waals surface area (Å²) in [7, 11) is 0. The molecule has 298 valence electrons. The number of imidazole rings is 1. The number of carbonyl (C=O) groups is 1. The maximum atomic E-state index is 13.8. The van der Waals surface area contributed by atoms with Crippen LogP contribution in [0.15, 0.2) is 150 Å². The molecule has 1 atom stereocenters. The predicted octanol–water partition coefficient (Wildman–Crippen LogP) is 12.6. The van der Waals surface area contributed by atoms with Crippen LogP contribution in [0.2, 0.25) is 20.1 Å². The zero-order chi connectivity index (χ0) is 41.6. The van der Waals surface area contributed by atoms with Crippen LogP contribution in [-0.4, -0.2) is 25.8 Å². The van der Waals surface area contributed by atoms with Gasteiger partial charge in [-0.1, -0.05) is 107 Å². The van der Waals surface area contributed by atoms with Gasteiger partial charge in [0.15, 0.2) is 5.72 Å². The number of halogens is 4. The van der Waals surface area contributed by atoms with Crippen molar-refractivity contribution in [2.75, 3.05) is 9.80 Å². The van der Waals surface area contributed by atoms with Gasteiger partial charge in [-0.15, -0.1) is 0 Å². The van der Waals surface area contributed by atoms with Crippen LogP contribution in [0.25, 0.3) is 22.6 Å². The number of carbonyl (C=O) groups excluding carboxylic acids is 1. The molecule has 59 heavy (non-hydrogen) atoms. The van der Waals surface area contributed by atoms with Gasteiger partial charge < -0.3 is 5.11 Å². The van der Waals surface area contributed by atoms with Crippen molar-refractivity contribution in [1.82, 2.24) is 9.13 Å². The van der Waals surface area contributed by atoms with E-state index in [-0.39, 0.29) is 11.7 Å². The maximum Gasteiger partial charge on any atom is 0.338 e. The molecular formula is C48H40Cl4N4O3. The number of aliphatic hydroxyl groups is 1. The van der Waals surface area contributed by atoms with Crippen molar-refractivity contribution < 1.29 is 9.90 Å². The van der Waals surface area contributed by atoms with E-state index in [1.165, 1.54) is 4.90 Å². The smallest absolute Gasteiger partial charge is 0.338 e. The normalized spacial score (nSPS) is 16.6. The Hall–Kier alpha value is -5.28. The van der Waals surface area contributed by atoms with E-state index in [9.17, 15) is 14.7 Å². The lowest BCUT2D eigenvalue weighted by Crippen LogP contribution is -2.51. The van der Waals surface area contributed by atoms with Crippen molar-refractivity contribution in [3.05, 3.63) is 199 Å². The lowest BCUT2D eigenvalue weighted by molar-refractivity contribution is 0.0221. The SMILES string of the molecule is CCc1c(-c2cccc(C)c2)n(-c2ccc(Cl)cc2)c(=O)n1-c1ccc(Cl)cc1.Cc1cccc(C2(O)N(c3ccc(Cl)cc3)C(=O)N(c3ccc(Cl)cc3)C23CC3)c1. The summed E-state index contributed by atoms with van der Waals surface area (Å²) >= 11 is 24.3. The molecule has 1 saturated carbocycles. The third-order valence-corrected chi connectivity index (χ3v) is 12.1. The largest absolute Gasteiger partial charge is 0.364 e. The molecule has 1 unspecified atom stereocenters. The van der Waals surface area contributed by atoms with Crippen LogP contribution >= 0.6 is 46.4 Å². The van der Waals surface area contributed by atoms with Crippen LogP contribution in [0.1, 0.15) is 42.1 Å². The van der Waals surface area contributed by atoms with E-state index in [4.69, 9.17) is 46.4 Å². The second-order valence-electron chi connectivity index (χ2n) is 14.9. The van der Waals surface area contributed by atoms with Gasteiger partial charge in [0.2, 0.25) is 0 Å². The molecule has 1 aromatic heterocycles. The molecule has 1 aliphatic carbocycles. The molecule has 1 spiro atoms. The van der Waals surface area contributed by atoms with E-state index in [1.807, 2.05) is 79.7 Å². The molecule has 7 nitrogen and oxygen atoms in total. The Labute approximate surface area is 363 Å². The molecule has 9 rings (SSSR count). The van der Waals surface area contributed by atoms with Gasteiger partial charge in [-0.05, 0) is 136 Å². The Morgan fingerprint density at radius 2 is 1.00 bits per heavy atom. The van der Waals surface area contributed by atoms with Crippen LogP contribution in [-0.2, 0) is 12.1 Å². The minimum absolute atomic E-state index is 0.122. The average Bonchev–Trinajstić information content (AvgIpc) is 3.94. The Balaban J connectivity index is 0.000000164. The second-order valence-corrected chi connectivity index (χ2v) is 16.6. The average molecular weight is 863 g/mol. The van der Waals surface area contributed by atoms with Crippen LogP contribution in [0.4, 0.5) is 16.2 Å². The van der Waals surface area contributed by atoms with Gasteiger partial charge in [0.25, 0.3) is 0 Å². The minimum Gasteiger partial charge on any atom is -0.364 e. The fourth-order valence-corrected chi connectivity index (χ4v) is 8.72. The quantitative estimate of drug-likeness (QED) is 0.174. The number of amides is 2. The van der Waals surface area contributed by atoms with Gasteiger partial charge in [0.1, 0.15) is 5.54 Å². The Morgan fingerprint density at radius 1 is 0.559 bits per heavy atom. The van der Waals surface area contributed by atoms with Gasteiger partial charge in [0.05, 0.1) is 22.8 Å². The maximum absolute atomic E-state index is 13.8.